The fourth-order valence-electron chi connectivity index (χ4n) is 2.02. The van der Waals surface area contributed by atoms with Crippen LogP contribution in [0.2, 0.25) is 0 Å². The SMILES string of the molecule is COc1ccccc1CCNc1ccc([N+](=O)[O-])c(I)c1. The molecule has 5 nitrogen and oxygen atoms in total. The number of nitrogens with zero attached hydrogens (tertiary/aromatic N) is 1. The van der Waals surface area contributed by atoms with E-state index in [0.29, 0.717) is 3.57 Å². The molecule has 2 aromatic carbocycles. The van der Waals surface area contributed by atoms with Gasteiger partial charge in [0.15, 0.2) is 0 Å². The van der Waals surface area contributed by atoms with Crippen LogP contribution in [-0.2, 0) is 6.42 Å². The summed E-state index contributed by atoms with van der Waals surface area (Å²) in [5.74, 6) is 0.873. The first-order chi connectivity index (χ1) is 10.1. The maximum absolute atomic E-state index is 10.8. The van der Waals surface area contributed by atoms with Crippen LogP contribution in [0.25, 0.3) is 0 Å². The fraction of sp³-hybridized carbons (Fsp3) is 0.200. The smallest absolute Gasteiger partial charge is 0.282 e. The Balaban J connectivity index is 1.97. The molecule has 0 radical (unpaired) electrons. The van der Waals surface area contributed by atoms with E-state index in [1.807, 2.05) is 46.9 Å². The van der Waals surface area contributed by atoms with Crippen LogP contribution >= 0.6 is 22.6 Å². The number of methoxy groups -OCH3 is 1. The van der Waals surface area contributed by atoms with Gasteiger partial charge in [-0.15, -0.1) is 0 Å². The van der Waals surface area contributed by atoms with Crippen LogP contribution in [0.4, 0.5) is 11.4 Å². The molecule has 0 spiro atoms. The van der Waals surface area contributed by atoms with E-state index < -0.39 is 0 Å². The predicted molar refractivity (Wildman–Crippen MR) is 91.0 cm³/mol. The van der Waals surface area contributed by atoms with Gasteiger partial charge in [0.1, 0.15) is 5.75 Å². The third-order valence-electron chi connectivity index (χ3n) is 3.06. The van der Waals surface area contributed by atoms with Crippen LogP contribution in [0, 0.1) is 13.7 Å². The molecule has 0 aliphatic rings. The largest absolute Gasteiger partial charge is 0.496 e. The molecule has 0 saturated heterocycles. The number of nitrogens with one attached hydrogen (secondary N) is 1. The van der Waals surface area contributed by atoms with E-state index >= 15 is 0 Å². The highest BCUT2D eigenvalue weighted by Gasteiger charge is 2.11. The maximum atomic E-state index is 10.8. The molecule has 0 aliphatic carbocycles. The van der Waals surface area contributed by atoms with Crippen molar-refractivity contribution in [1.29, 1.82) is 0 Å². The standard InChI is InChI=1S/C15H15IN2O3/c1-21-15-5-3-2-4-11(15)8-9-17-12-6-7-14(18(19)20)13(16)10-12/h2-7,10,17H,8-9H2,1H3. The Morgan fingerprint density at radius 3 is 2.71 bits per heavy atom. The summed E-state index contributed by atoms with van der Waals surface area (Å²) in [5, 5.41) is 14.0. The van der Waals surface area contributed by atoms with Crippen molar-refractivity contribution in [2.75, 3.05) is 19.0 Å². The zero-order valence-electron chi connectivity index (χ0n) is 11.5. The first-order valence-corrected chi connectivity index (χ1v) is 7.49. The molecule has 0 unspecified atom stereocenters. The molecule has 0 amide bonds. The Labute approximate surface area is 136 Å². The summed E-state index contributed by atoms with van der Waals surface area (Å²) in [4.78, 5) is 10.4. The number of nitro groups is 1. The molecule has 6 heteroatoms. The third-order valence-corrected chi connectivity index (χ3v) is 3.92. The van der Waals surface area contributed by atoms with Crippen LogP contribution in [0.5, 0.6) is 5.75 Å². The molecule has 21 heavy (non-hydrogen) atoms. The van der Waals surface area contributed by atoms with E-state index in [1.165, 1.54) is 6.07 Å². The summed E-state index contributed by atoms with van der Waals surface area (Å²) in [5.41, 5.74) is 2.13. The van der Waals surface area contributed by atoms with Gasteiger partial charge in [-0.3, -0.25) is 10.1 Å². The Morgan fingerprint density at radius 1 is 1.29 bits per heavy atom. The lowest BCUT2D eigenvalue weighted by Gasteiger charge is -2.10. The number of ether oxygens (including phenoxy) is 1. The number of hydrogen-bond acceptors (Lipinski definition) is 4. The van der Waals surface area contributed by atoms with Crippen molar-refractivity contribution in [3.63, 3.8) is 0 Å². The maximum Gasteiger partial charge on any atom is 0.282 e. The Hall–Kier alpha value is -1.83. The van der Waals surface area contributed by atoms with Crippen LogP contribution in [-0.4, -0.2) is 18.6 Å². The van der Waals surface area contributed by atoms with Crippen molar-refractivity contribution in [2.24, 2.45) is 0 Å². The van der Waals surface area contributed by atoms with Gasteiger partial charge in [-0.05, 0) is 52.8 Å². The number of anilines is 1. The normalized spacial score (nSPS) is 10.2. The second kappa shape index (κ2) is 7.26. The second-order valence-corrected chi connectivity index (χ2v) is 5.57. The average molecular weight is 398 g/mol. The molecule has 2 aromatic rings. The number of nitro benzene ring substituents is 1. The van der Waals surface area contributed by atoms with Crippen molar-refractivity contribution < 1.29 is 9.66 Å². The first-order valence-electron chi connectivity index (χ1n) is 6.41. The van der Waals surface area contributed by atoms with Crippen LogP contribution in [0.15, 0.2) is 42.5 Å². The number of hydrogen-bond donors (Lipinski definition) is 1. The molecule has 0 atom stereocenters. The summed E-state index contributed by atoms with van der Waals surface area (Å²) in [6.45, 7) is 0.730. The van der Waals surface area contributed by atoms with Gasteiger partial charge in [0, 0.05) is 18.3 Å². The van der Waals surface area contributed by atoms with Gasteiger partial charge < -0.3 is 10.1 Å². The number of para-hydroxylation sites is 1. The molecule has 0 heterocycles. The minimum Gasteiger partial charge on any atom is -0.496 e. The van der Waals surface area contributed by atoms with Crippen molar-refractivity contribution in [2.45, 2.75) is 6.42 Å². The Kier molecular flexibility index (Phi) is 5.38. The minimum absolute atomic E-state index is 0.130. The van der Waals surface area contributed by atoms with E-state index in [9.17, 15) is 10.1 Å². The van der Waals surface area contributed by atoms with E-state index in [1.54, 1.807) is 19.2 Å². The molecule has 110 valence electrons. The van der Waals surface area contributed by atoms with Gasteiger partial charge in [0.05, 0.1) is 15.6 Å². The zero-order chi connectivity index (χ0) is 15.2. The van der Waals surface area contributed by atoms with Gasteiger partial charge in [-0.1, -0.05) is 18.2 Å². The average Bonchev–Trinajstić information content (AvgIpc) is 2.47. The van der Waals surface area contributed by atoms with Gasteiger partial charge in [-0.25, -0.2) is 0 Å². The molecule has 1 N–H and O–H groups in total. The minimum atomic E-state index is -0.375. The van der Waals surface area contributed by atoms with Gasteiger partial charge in [0.25, 0.3) is 5.69 Å². The first kappa shape index (κ1) is 15.6. The lowest BCUT2D eigenvalue weighted by Crippen LogP contribution is -2.06. The topological polar surface area (TPSA) is 64.4 Å². The van der Waals surface area contributed by atoms with E-state index in [2.05, 4.69) is 5.32 Å². The van der Waals surface area contributed by atoms with Crippen molar-refractivity contribution in [3.05, 3.63) is 61.7 Å². The quantitative estimate of drug-likeness (QED) is 0.456. The molecule has 0 bridgehead atoms. The van der Waals surface area contributed by atoms with Crippen LogP contribution in [0.3, 0.4) is 0 Å². The summed E-state index contributed by atoms with van der Waals surface area (Å²) >= 11 is 1.97. The summed E-state index contributed by atoms with van der Waals surface area (Å²) in [6, 6.07) is 12.9. The van der Waals surface area contributed by atoms with Gasteiger partial charge in [0.2, 0.25) is 0 Å². The number of benzene rings is 2. The highest BCUT2D eigenvalue weighted by atomic mass is 127. The molecule has 2 rings (SSSR count). The Bertz CT molecular complexity index is 647. The van der Waals surface area contributed by atoms with Gasteiger partial charge >= 0.3 is 0 Å². The Morgan fingerprint density at radius 2 is 2.05 bits per heavy atom. The summed E-state index contributed by atoms with van der Waals surface area (Å²) < 4.78 is 5.93. The lowest BCUT2D eigenvalue weighted by atomic mass is 10.1. The third kappa shape index (κ3) is 4.07. The highest BCUT2D eigenvalue weighted by Crippen LogP contribution is 2.24. The van der Waals surface area contributed by atoms with Crippen LogP contribution in [0.1, 0.15) is 5.56 Å². The van der Waals surface area contributed by atoms with E-state index in [-0.39, 0.29) is 10.6 Å². The molecular formula is C15H15IN2O3. The monoisotopic (exact) mass is 398 g/mol. The second-order valence-electron chi connectivity index (χ2n) is 4.41. The summed E-state index contributed by atoms with van der Waals surface area (Å²) in [6.07, 6.45) is 0.817. The van der Waals surface area contributed by atoms with Crippen molar-refractivity contribution in [3.8, 4) is 5.75 Å². The highest BCUT2D eigenvalue weighted by molar-refractivity contribution is 14.1. The zero-order valence-corrected chi connectivity index (χ0v) is 13.7. The number of rotatable bonds is 6. The fourth-order valence-corrected chi connectivity index (χ4v) is 2.73. The van der Waals surface area contributed by atoms with Crippen LogP contribution < -0.4 is 10.1 Å². The predicted octanol–water partition coefficient (Wildman–Crippen LogP) is 3.86. The molecule has 0 aliphatic heterocycles. The van der Waals surface area contributed by atoms with E-state index in [4.69, 9.17) is 4.74 Å². The van der Waals surface area contributed by atoms with Gasteiger partial charge in [-0.2, -0.15) is 0 Å². The molecular weight excluding hydrogens is 383 g/mol. The number of halogens is 1. The van der Waals surface area contributed by atoms with Crippen molar-refractivity contribution >= 4 is 34.0 Å². The molecule has 0 aromatic heterocycles. The lowest BCUT2D eigenvalue weighted by molar-refractivity contribution is -0.385. The van der Waals surface area contributed by atoms with E-state index in [0.717, 1.165) is 30.0 Å². The molecule has 0 saturated carbocycles. The van der Waals surface area contributed by atoms with Crippen molar-refractivity contribution in [1.82, 2.24) is 0 Å². The summed E-state index contributed by atoms with van der Waals surface area (Å²) in [7, 11) is 1.66. The molecule has 0 fully saturated rings.